The summed E-state index contributed by atoms with van der Waals surface area (Å²) in [6.45, 7) is 8.64. The number of nitrogens with one attached hydrogen (secondary N) is 1. The van der Waals surface area contributed by atoms with Crippen LogP contribution in [0.15, 0.2) is 51.6 Å². The molecule has 0 atom stereocenters. The molecule has 1 aliphatic carbocycles. The first kappa shape index (κ1) is 19.3. The van der Waals surface area contributed by atoms with E-state index >= 15 is 0 Å². The summed E-state index contributed by atoms with van der Waals surface area (Å²) >= 11 is 0. The molecule has 0 aromatic carbocycles. The van der Waals surface area contributed by atoms with E-state index < -0.39 is 10.0 Å². The fourth-order valence-electron chi connectivity index (χ4n) is 3.01. The summed E-state index contributed by atoms with van der Waals surface area (Å²) in [5, 5.41) is 9.30. The number of sulfonamides is 1. The van der Waals surface area contributed by atoms with Crippen molar-refractivity contribution in [2.24, 2.45) is 15.7 Å². The molecule has 0 radical (unpaired) electrons. The van der Waals surface area contributed by atoms with E-state index in [-0.39, 0.29) is 10.3 Å². The zero-order valence-electron chi connectivity index (χ0n) is 15.2. The van der Waals surface area contributed by atoms with Crippen LogP contribution in [0.4, 0.5) is 5.82 Å². The number of pyridine rings is 1. The van der Waals surface area contributed by atoms with Gasteiger partial charge >= 0.3 is 0 Å². The number of aromatic nitrogens is 1. The number of hydrogen-bond acceptors (Lipinski definition) is 5. The van der Waals surface area contributed by atoms with Crippen molar-refractivity contribution >= 4 is 21.6 Å². The Morgan fingerprint density at radius 2 is 2.12 bits per heavy atom. The summed E-state index contributed by atoms with van der Waals surface area (Å²) in [6, 6.07) is 2.92. The van der Waals surface area contributed by atoms with Gasteiger partial charge in [0.1, 0.15) is 10.7 Å². The van der Waals surface area contributed by atoms with Crippen molar-refractivity contribution in [2.45, 2.75) is 51.9 Å². The first-order valence-electron chi connectivity index (χ1n) is 8.27. The normalized spacial score (nSPS) is 18.7. The van der Waals surface area contributed by atoms with Crippen LogP contribution in [0.5, 0.6) is 0 Å². The fraction of sp³-hybridized carbons (Fsp3) is 0.444. The lowest BCUT2D eigenvalue weighted by Crippen LogP contribution is -2.19. The molecule has 3 N–H and O–H groups in total. The van der Waals surface area contributed by atoms with Crippen LogP contribution < -0.4 is 10.6 Å². The molecular formula is C18H26N4O2S. The van der Waals surface area contributed by atoms with Crippen LogP contribution in [0.1, 0.15) is 47.0 Å². The highest BCUT2D eigenvalue weighted by Gasteiger charge is 2.26. The third kappa shape index (κ3) is 5.24. The number of rotatable bonds is 5. The van der Waals surface area contributed by atoms with E-state index in [4.69, 9.17) is 5.14 Å². The first-order chi connectivity index (χ1) is 11.6. The number of anilines is 1. The standard InChI is InChI=1S/C18H26N4O2S/c1-13-6-5-11-18(3,4)16(13)9-7-14(2)21-22-17-10-8-15(12-20-17)25(19,23)24/h7-10,12H,5-6,11H2,1-4H3,(H,20,22)(H2,19,23,24)/b9-7+,21-14+. The van der Waals surface area contributed by atoms with Gasteiger partial charge in [-0.15, -0.1) is 0 Å². The Bertz CT molecular complexity index is 819. The van der Waals surface area contributed by atoms with Gasteiger partial charge in [-0.2, -0.15) is 5.10 Å². The second-order valence-corrected chi connectivity index (χ2v) is 8.62. The Morgan fingerprint density at radius 1 is 1.40 bits per heavy atom. The van der Waals surface area contributed by atoms with Crippen LogP contribution in [0.2, 0.25) is 0 Å². The Hall–Kier alpha value is -1.99. The van der Waals surface area contributed by atoms with Crippen molar-refractivity contribution < 1.29 is 8.42 Å². The summed E-state index contributed by atoms with van der Waals surface area (Å²) in [4.78, 5) is 3.96. The smallest absolute Gasteiger partial charge is 0.239 e. The minimum Gasteiger partial charge on any atom is -0.261 e. The SMILES string of the molecule is CC1=C(/C=C/C(C)=N/Nc2ccc(S(N)(=O)=O)cn2)C(C)(C)CCC1. The molecule has 25 heavy (non-hydrogen) atoms. The third-order valence-electron chi connectivity index (χ3n) is 4.45. The van der Waals surface area contributed by atoms with Crippen molar-refractivity contribution in [1.82, 2.24) is 4.98 Å². The molecule has 0 saturated heterocycles. The largest absolute Gasteiger partial charge is 0.261 e. The maximum atomic E-state index is 11.2. The molecule has 7 heteroatoms. The summed E-state index contributed by atoms with van der Waals surface area (Å²) < 4.78 is 22.4. The highest BCUT2D eigenvalue weighted by atomic mass is 32.2. The zero-order chi connectivity index (χ0) is 18.7. The molecule has 0 amide bonds. The van der Waals surface area contributed by atoms with Gasteiger partial charge in [0, 0.05) is 6.20 Å². The molecule has 0 saturated carbocycles. The van der Waals surface area contributed by atoms with Gasteiger partial charge in [0.25, 0.3) is 0 Å². The fourth-order valence-corrected chi connectivity index (χ4v) is 3.47. The average Bonchev–Trinajstić information content (AvgIpc) is 2.51. The van der Waals surface area contributed by atoms with Gasteiger partial charge in [-0.1, -0.05) is 25.5 Å². The maximum Gasteiger partial charge on any atom is 0.239 e. The quantitative estimate of drug-likeness (QED) is 0.618. The van der Waals surface area contributed by atoms with E-state index in [0.29, 0.717) is 5.82 Å². The van der Waals surface area contributed by atoms with Gasteiger partial charge in [0.2, 0.25) is 10.0 Å². The summed E-state index contributed by atoms with van der Waals surface area (Å²) in [6.07, 6.45) is 8.92. The van der Waals surface area contributed by atoms with Gasteiger partial charge < -0.3 is 0 Å². The molecule has 0 bridgehead atoms. The van der Waals surface area contributed by atoms with E-state index in [1.165, 1.54) is 42.3 Å². The minimum absolute atomic E-state index is 0.0272. The van der Waals surface area contributed by atoms with Crippen molar-refractivity contribution in [2.75, 3.05) is 5.43 Å². The highest BCUT2D eigenvalue weighted by molar-refractivity contribution is 7.89. The van der Waals surface area contributed by atoms with E-state index in [1.807, 2.05) is 13.0 Å². The summed E-state index contributed by atoms with van der Waals surface area (Å²) in [5.74, 6) is 0.452. The van der Waals surface area contributed by atoms with Crippen LogP contribution in [0.3, 0.4) is 0 Å². The number of nitrogens with two attached hydrogens (primary N) is 1. The number of nitrogens with zero attached hydrogens (tertiary/aromatic N) is 2. The Balaban J connectivity index is 2.07. The second-order valence-electron chi connectivity index (χ2n) is 7.05. The van der Waals surface area contributed by atoms with Crippen molar-refractivity contribution in [3.63, 3.8) is 0 Å². The first-order valence-corrected chi connectivity index (χ1v) is 9.82. The predicted molar refractivity (Wildman–Crippen MR) is 102 cm³/mol. The maximum absolute atomic E-state index is 11.2. The molecule has 1 aliphatic rings. The van der Waals surface area contributed by atoms with Crippen LogP contribution in [0, 0.1) is 5.41 Å². The lowest BCUT2D eigenvalue weighted by atomic mass is 9.72. The predicted octanol–water partition coefficient (Wildman–Crippen LogP) is 3.60. The second kappa shape index (κ2) is 7.49. The van der Waals surface area contributed by atoms with Crippen molar-refractivity contribution in [3.05, 3.63) is 41.6 Å². The van der Waals surface area contributed by atoms with E-state index in [0.717, 1.165) is 12.1 Å². The van der Waals surface area contributed by atoms with Gasteiger partial charge in [0.15, 0.2) is 0 Å². The van der Waals surface area contributed by atoms with Crippen molar-refractivity contribution in [3.8, 4) is 0 Å². The minimum atomic E-state index is -3.73. The van der Waals surface area contributed by atoms with E-state index in [2.05, 4.69) is 42.4 Å². The number of hydrazone groups is 1. The zero-order valence-corrected chi connectivity index (χ0v) is 16.0. The molecule has 1 heterocycles. The molecule has 1 aromatic heterocycles. The molecule has 0 unspecified atom stereocenters. The molecule has 136 valence electrons. The molecule has 0 aliphatic heterocycles. The number of hydrogen-bond donors (Lipinski definition) is 2. The summed E-state index contributed by atoms with van der Waals surface area (Å²) in [5.41, 5.74) is 6.63. The van der Waals surface area contributed by atoms with E-state index in [9.17, 15) is 8.42 Å². The Kier molecular flexibility index (Phi) is 5.80. The van der Waals surface area contributed by atoms with Gasteiger partial charge in [-0.3, -0.25) is 5.43 Å². The van der Waals surface area contributed by atoms with Gasteiger partial charge in [-0.05, 0) is 62.3 Å². The number of primary sulfonamides is 1. The Morgan fingerprint density at radius 3 is 2.68 bits per heavy atom. The lowest BCUT2D eigenvalue weighted by molar-refractivity contribution is 0.377. The molecule has 1 aromatic rings. The highest BCUT2D eigenvalue weighted by Crippen LogP contribution is 2.40. The lowest BCUT2D eigenvalue weighted by Gasteiger charge is -2.32. The number of allylic oxidation sites excluding steroid dienone is 4. The molecule has 0 fully saturated rings. The van der Waals surface area contributed by atoms with Crippen molar-refractivity contribution in [1.29, 1.82) is 0 Å². The average molecular weight is 362 g/mol. The molecule has 6 nitrogen and oxygen atoms in total. The summed E-state index contributed by atoms with van der Waals surface area (Å²) in [7, 11) is -3.73. The van der Waals surface area contributed by atoms with Crippen LogP contribution in [-0.2, 0) is 10.0 Å². The monoisotopic (exact) mass is 362 g/mol. The molecular weight excluding hydrogens is 336 g/mol. The van der Waals surface area contributed by atoms with Gasteiger partial charge in [0.05, 0.1) is 5.71 Å². The van der Waals surface area contributed by atoms with Crippen LogP contribution in [0.25, 0.3) is 0 Å². The third-order valence-corrected chi connectivity index (χ3v) is 5.34. The van der Waals surface area contributed by atoms with Crippen LogP contribution >= 0.6 is 0 Å². The van der Waals surface area contributed by atoms with Gasteiger partial charge in [-0.25, -0.2) is 18.5 Å². The van der Waals surface area contributed by atoms with Crippen LogP contribution in [-0.4, -0.2) is 19.1 Å². The Labute approximate surface area is 150 Å². The molecule has 2 rings (SSSR count). The van der Waals surface area contributed by atoms with E-state index in [1.54, 1.807) is 0 Å². The topological polar surface area (TPSA) is 97.4 Å². The molecule has 0 spiro atoms.